The number of halogens is 3. The number of aromatic nitrogens is 1. The van der Waals surface area contributed by atoms with Crippen LogP contribution in [0.4, 0.5) is 13.2 Å². The van der Waals surface area contributed by atoms with Crippen molar-refractivity contribution in [3.63, 3.8) is 0 Å². The van der Waals surface area contributed by atoms with Crippen LogP contribution in [-0.4, -0.2) is 10.1 Å². The van der Waals surface area contributed by atoms with Gasteiger partial charge in [0.25, 0.3) is 5.56 Å². The Labute approximate surface area is 91.0 Å². The Hall–Kier alpha value is -2.31. The van der Waals surface area contributed by atoms with E-state index in [2.05, 4.69) is 0 Å². The number of fused-ring (bicyclic) bond motifs is 1. The van der Waals surface area contributed by atoms with E-state index in [0.717, 1.165) is 0 Å². The highest BCUT2D eigenvalue weighted by molar-refractivity contribution is 5.78. The van der Waals surface area contributed by atoms with E-state index >= 15 is 0 Å². The Morgan fingerprint density at radius 3 is 2.35 bits per heavy atom. The van der Waals surface area contributed by atoms with Gasteiger partial charge in [0, 0.05) is 12.1 Å². The highest BCUT2D eigenvalue weighted by Crippen LogP contribution is 2.18. The standard InChI is InChI=1S/C10H4F3NO3/c11-3-1-4-7(9(13)8(3)12)5(15)2-6(16)10(17)14-4/h1-2,16H,(H,14,17). The van der Waals surface area contributed by atoms with Crippen LogP contribution >= 0.6 is 0 Å². The van der Waals surface area contributed by atoms with E-state index in [4.69, 9.17) is 5.11 Å². The highest BCUT2D eigenvalue weighted by atomic mass is 19.2. The van der Waals surface area contributed by atoms with Crippen LogP contribution in [0.25, 0.3) is 10.9 Å². The summed E-state index contributed by atoms with van der Waals surface area (Å²) in [4.78, 5) is 24.4. The van der Waals surface area contributed by atoms with Crippen LogP contribution in [0.15, 0.2) is 21.7 Å². The van der Waals surface area contributed by atoms with Crippen LogP contribution < -0.4 is 11.0 Å². The number of rotatable bonds is 0. The van der Waals surface area contributed by atoms with Gasteiger partial charge in [-0.1, -0.05) is 0 Å². The van der Waals surface area contributed by atoms with E-state index in [1.807, 2.05) is 4.98 Å². The third kappa shape index (κ3) is 1.65. The minimum absolute atomic E-state index is 0.432. The molecule has 0 saturated carbocycles. The first-order valence-corrected chi connectivity index (χ1v) is 4.35. The maximum Gasteiger partial charge on any atom is 0.290 e. The molecule has 0 unspecified atom stereocenters. The van der Waals surface area contributed by atoms with Gasteiger partial charge in [0.05, 0.1) is 10.9 Å². The molecule has 0 aliphatic rings. The van der Waals surface area contributed by atoms with Gasteiger partial charge in [0.2, 0.25) is 0 Å². The van der Waals surface area contributed by atoms with E-state index in [1.165, 1.54) is 0 Å². The Bertz CT molecular complexity index is 739. The number of hydrogen-bond donors (Lipinski definition) is 2. The van der Waals surface area contributed by atoms with E-state index in [1.54, 1.807) is 0 Å². The second-order valence-corrected chi connectivity index (χ2v) is 3.26. The molecular formula is C10H4F3NO3. The van der Waals surface area contributed by atoms with Crippen LogP contribution in [0.1, 0.15) is 0 Å². The number of hydrogen-bond acceptors (Lipinski definition) is 3. The molecule has 1 aromatic carbocycles. The Kier molecular flexibility index (Phi) is 2.38. The van der Waals surface area contributed by atoms with Gasteiger partial charge in [-0.05, 0) is 0 Å². The normalized spacial score (nSPS) is 10.8. The molecule has 0 aliphatic carbocycles. The van der Waals surface area contributed by atoms with E-state index in [0.29, 0.717) is 12.1 Å². The third-order valence-corrected chi connectivity index (χ3v) is 2.16. The molecule has 0 aliphatic heterocycles. The van der Waals surface area contributed by atoms with Crippen molar-refractivity contribution in [2.45, 2.75) is 0 Å². The van der Waals surface area contributed by atoms with Gasteiger partial charge in [-0.25, -0.2) is 13.2 Å². The van der Waals surface area contributed by atoms with Gasteiger partial charge in [-0.2, -0.15) is 0 Å². The summed E-state index contributed by atoms with van der Waals surface area (Å²) in [7, 11) is 0. The van der Waals surface area contributed by atoms with Gasteiger partial charge in [0.1, 0.15) is 0 Å². The van der Waals surface area contributed by atoms with Gasteiger partial charge in [-0.15, -0.1) is 0 Å². The summed E-state index contributed by atoms with van der Waals surface area (Å²) in [5.74, 6) is -6.04. The molecule has 88 valence electrons. The SMILES string of the molecule is O=c1[nH]c2cc(F)c(F)c(F)c2c(=O)cc1O. The average molecular weight is 243 g/mol. The molecule has 0 bridgehead atoms. The fourth-order valence-electron chi connectivity index (χ4n) is 1.38. The quantitative estimate of drug-likeness (QED) is 0.678. The fourth-order valence-corrected chi connectivity index (χ4v) is 1.38. The summed E-state index contributed by atoms with van der Waals surface area (Å²) < 4.78 is 39.1. The van der Waals surface area contributed by atoms with Crippen molar-refractivity contribution in [1.82, 2.24) is 4.98 Å². The Morgan fingerprint density at radius 1 is 1.06 bits per heavy atom. The first-order valence-electron chi connectivity index (χ1n) is 4.35. The lowest BCUT2D eigenvalue weighted by molar-refractivity contribution is 0.453. The number of benzene rings is 1. The average Bonchev–Trinajstić information content (AvgIpc) is 2.34. The van der Waals surface area contributed by atoms with Crippen molar-refractivity contribution in [1.29, 1.82) is 0 Å². The molecule has 0 amide bonds. The molecule has 2 N–H and O–H groups in total. The molecule has 0 saturated heterocycles. The second kappa shape index (κ2) is 3.62. The van der Waals surface area contributed by atoms with Gasteiger partial charge >= 0.3 is 0 Å². The predicted octanol–water partition coefficient (Wildman–Crippen LogP) is 1.01. The minimum atomic E-state index is -1.82. The monoisotopic (exact) mass is 243 g/mol. The highest BCUT2D eigenvalue weighted by Gasteiger charge is 2.16. The molecule has 7 heteroatoms. The number of H-pyrrole nitrogens is 1. The van der Waals surface area contributed by atoms with Crippen molar-refractivity contribution in [2.24, 2.45) is 0 Å². The van der Waals surface area contributed by atoms with Crippen LogP contribution in [-0.2, 0) is 0 Å². The first kappa shape index (κ1) is 11.2. The zero-order chi connectivity index (χ0) is 12.7. The third-order valence-electron chi connectivity index (χ3n) is 2.16. The summed E-state index contributed by atoms with van der Waals surface area (Å²) in [6.45, 7) is 0. The van der Waals surface area contributed by atoms with Crippen molar-refractivity contribution < 1.29 is 18.3 Å². The molecule has 2 aromatic rings. The van der Waals surface area contributed by atoms with E-state index < -0.39 is 45.1 Å². The minimum Gasteiger partial charge on any atom is -0.503 e. The predicted molar refractivity (Wildman–Crippen MR) is 52.4 cm³/mol. The van der Waals surface area contributed by atoms with Crippen LogP contribution in [0.2, 0.25) is 0 Å². The lowest BCUT2D eigenvalue weighted by atomic mass is 10.2. The second-order valence-electron chi connectivity index (χ2n) is 3.26. The lowest BCUT2D eigenvalue weighted by Crippen LogP contribution is -2.03. The maximum absolute atomic E-state index is 13.3. The molecule has 0 spiro atoms. The van der Waals surface area contributed by atoms with Gasteiger partial charge in [-0.3, -0.25) is 9.59 Å². The van der Waals surface area contributed by atoms with Gasteiger partial charge < -0.3 is 10.1 Å². The number of aromatic hydroxyl groups is 1. The topological polar surface area (TPSA) is 70.2 Å². The summed E-state index contributed by atoms with van der Waals surface area (Å²) in [5, 5.41) is 8.22. The summed E-state index contributed by atoms with van der Waals surface area (Å²) in [6.07, 6.45) is 0. The van der Waals surface area contributed by atoms with Gasteiger partial charge in [0.15, 0.2) is 28.6 Å². The lowest BCUT2D eigenvalue weighted by Gasteiger charge is -1.97. The first-order chi connectivity index (χ1) is 7.91. The smallest absolute Gasteiger partial charge is 0.290 e. The number of nitrogens with one attached hydrogen (secondary N) is 1. The molecule has 1 aromatic heterocycles. The Balaban J connectivity index is 3.20. The van der Waals surface area contributed by atoms with E-state index in [-0.39, 0.29) is 0 Å². The molecule has 17 heavy (non-hydrogen) atoms. The summed E-state index contributed by atoms with van der Waals surface area (Å²) >= 11 is 0. The zero-order valence-corrected chi connectivity index (χ0v) is 8.05. The molecule has 2 rings (SSSR count). The molecule has 0 radical (unpaired) electrons. The van der Waals surface area contributed by atoms with Crippen molar-refractivity contribution >= 4 is 10.9 Å². The zero-order valence-electron chi connectivity index (χ0n) is 8.05. The molecule has 0 fully saturated rings. The molecule has 0 atom stereocenters. The van der Waals surface area contributed by atoms with Crippen LogP contribution in [0, 0.1) is 17.5 Å². The summed E-state index contributed by atoms with van der Waals surface area (Å²) in [6, 6.07) is 0.900. The number of aromatic amines is 1. The van der Waals surface area contributed by atoms with Crippen LogP contribution in [0.5, 0.6) is 5.75 Å². The Morgan fingerprint density at radius 2 is 1.71 bits per heavy atom. The van der Waals surface area contributed by atoms with Crippen molar-refractivity contribution in [2.75, 3.05) is 0 Å². The van der Waals surface area contributed by atoms with Crippen molar-refractivity contribution in [3.05, 3.63) is 50.2 Å². The summed E-state index contributed by atoms with van der Waals surface area (Å²) in [5.41, 5.74) is -2.77. The molecule has 1 heterocycles. The fraction of sp³-hybridized carbons (Fsp3) is 0. The van der Waals surface area contributed by atoms with E-state index in [9.17, 15) is 22.8 Å². The maximum atomic E-state index is 13.3. The van der Waals surface area contributed by atoms with Crippen molar-refractivity contribution in [3.8, 4) is 5.75 Å². The molecule has 4 nitrogen and oxygen atoms in total. The molecular weight excluding hydrogens is 239 g/mol. The van der Waals surface area contributed by atoms with Crippen LogP contribution in [0.3, 0.4) is 0 Å². The largest absolute Gasteiger partial charge is 0.503 e.